The fraction of sp³-hybridized carbons (Fsp3) is 0.185. The third-order valence-electron chi connectivity index (χ3n) is 7.21. The quantitative estimate of drug-likeness (QED) is 0.272. The largest absolute Gasteiger partial charge is 0.427 e. The Morgan fingerprint density at radius 1 is 0.909 bits per heavy atom. The van der Waals surface area contributed by atoms with Gasteiger partial charge in [0.1, 0.15) is 12.0 Å². The minimum Gasteiger partial charge on any atom is -0.427 e. The SMILES string of the molecule is CC(=O)Oc1cccc(N2C(=O)[C@@H]3C4c5ccccc5C(C=O)(c5ccccc54)[C@H]3C2=O)c1. The summed E-state index contributed by atoms with van der Waals surface area (Å²) in [7, 11) is 0. The van der Waals surface area contributed by atoms with Crippen molar-refractivity contribution in [2.45, 2.75) is 18.3 Å². The highest BCUT2D eigenvalue weighted by atomic mass is 16.5. The van der Waals surface area contributed by atoms with Gasteiger partial charge in [0.25, 0.3) is 0 Å². The molecule has 0 aromatic heterocycles. The summed E-state index contributed by atoms with van der Waals surface area (Å²) >= 11 is 0. The Hall–Kier alpha value is -4.06. The van der Waals surface area contributed by atoms with Crippen LogP contribution in [0.5, 0.6) is 5.75 Å². The number of amides is 2. The maximum Gasteiger partial charge on any atom is 0.308 e. The Kier molecular flexibility index (Phi) is 3.99. The summed E-state index contributed by atoms with van der Waals surface area (Å²) in [4.78, 5) is 53.2. The molecule has 0 spiro atoms. The molecule has 2 atom stereocenters. The van der Waals surface area contributed by atoms with Crippen LogP contribution in [-0.4, -0.2) is 24.1 Å². The molecular formula is C27H19NO5. The summed E-state index contributed by atoms with van der Waals surface area (Å²) in [6.45, 7) is 1.29. The molecule has 3 aromatic rings. The van der Waals surface area contributed by atoms with Crippen LogP contribution < -0.4 is 9.64 Å². The number of esters is 1. The van der Waals surface area contributed by atoms with Gasteiger partial charge in [-0.3, -0.25) is 14.4 Å². The van der Waals surface area contributed by atoms with E-state index in [1.807, 2.05) is 48.5 Å². The second kappa shape index (κ2) is 6.72. The minimum atomic E-state index is -1.23. The van der Waals surface area contributed by atoms with Crippen LogP contribution in [0.3, 0.4) is 0 Å². The molecular weight excluding hydrogens is 418 g/mol. The molecule has 1 heterocycles. The van der Waals surface area contributed by atoms with Crippen LogP contribution in [0.4, 0.5) is 5.69 Å². The zero-order valence-electron chi connectivity index (χ0n) is 17.7. The van der Waals surface area contributed by atoms with Gasteiger partial charge in [0.15, 0.2) is 0 Å². The van der Waals surface area contributed by atoms with Gasteiger partial charge in [-0.1, -0.05) is 54.6 Å². The number of nitrogens with zero attached hydrogens (tertiary/aromatic N) is 1. The van der Waals surface area contributed by atoms with E-state index in [0.717, 1.165) is 33.4 Å². The zero-order valence-corrected chi connectivity index (χ0v) is 17.7. The summed E-state index contributed by atoms with van der Waals surface area (Å²) in [5.74, 6) is -2.85. The highest BCUT2D eigenvalue weighted by Gasteiger charge is 2.68. The topological polar surface area (TPSA) is 80.8 Å². The van der Waals surface area contributed by atoms with E-state index < -0.39 is 29.1 Å². The van der Waals surface area contributed by atoms with E-state index in [2.05, 4.69) is 0 Å². The van der Waals surface area contributed by atoms with Crippen molar-refractivity contribution in [2.75, 3.05) is 4.90 Å². The van der Waals surface area contributed by atoms with E-state index in [0.29, 0.717) is 5.69 Å². The Morgan fingerprint density at radius 2 is 1.55 bits per heavy atom. The van der Waals surface area contributed by atoms with Gasteiger partial charge in [0.05, 0.1) is 22.9 Å². The average Bonchev–Trinajstić information content (AvgIpc) is 3.09. The van der Waals surface area contributed by atoms with E-state index in [1.165, 1.54) is 13.0 Å². The lowest BCUT2D eigenvalue weighted by atomic mass is 9.48. The maximum absolute atomic E-state index is 13.9. The van der Waals surface area contributed by atoms with Gasteiger partial charge >= 0.3 is 5.97 Å². The third kappa shape index (κ3) is 2.38. The van der Waals surface area contributed by atoms with Gasteiger partial charge in [-0.25, -0.2) is 4.90 Å². The first-order valence-electron chi connectivity index (χ1n) is 10.8. The molecule has 2 amide bonds. The number of benzene rings is 3. The number of aldehydes is 1. The first-order valence-corrected chi connectivity index (χ1v) is 10.8. The second-order valence-corrected chi connectivity index (χ2v) is 8.75. The fourth-order valence-corrected chi connectivity index (χ4v) is 6.14. The standard InChI is InChI=1S/C27H19NO5/c1-15(30)33-17-8-6-7-16(13-17)28-25(31)23-22-18-9-2-4-11-20(18)27(14-29,24(23)26(28)32)21-12-5-3-10-19(21)22/h2-14,22-24H,1H3/t22?,23-,24-,27?/m1/s1. The van der Waals surface area contributed by atoms with Crippen LogP contribution in [-0.2, 0) is 24.6 Å². The molecule has 6 heteroatoms. The zero-order chi connectivity index (χ0) is 22.9. The maximum atomic E-state index is 13.9. The Balaban J connectivity index is 1.57. The molecule has 33 heavy (non-hydrogen) atoms. The molecule has 1 aliphatic heterocycles. The molecule has 2 bridgehead atoms. The van der Waals surface area contributed by atoms with Crippen LogP contribution in [0, 0.1) is 11.8 Å². The number of carbonyl (C=O) groups is 4. The lowest BCUT2D eigenvalue weighted by Crippen LogP contribution is -2.54. The summed E-state index contributed by atoms with van der Waals surface area (Å²) in [5.41, 5.74) is 2.51. The first-order chi connectivity index (χ1) is 16.0. The van der Waals surface area contributed by atoms with Gasteiger partial charge in [-0.2, -0.15) is 0 Å². The predicted octanol–water partition coefficient (Wildman–Crippen LogP) is 3.36. The molecule has 6 nitrogen and oxygen atoms in total. The number of anilines is 1. The first kappa shape index (κ1) is 19.6. The van der Waals surface area contributed by atoms with Crippen molar-refractivity contribution in [3.8, 4) is 5.75 Å². The normalized spacial score (nSPS) is 26.5. The van der Waals surface area contributed by atoms with Crippen LogP contribution in [0.15, 0.2) is 72.8 Å². The monoisotopic (exact) mass is 437 g/mol. The van der Waals surface area contributed by atoms with Gasteiger partial charge < -0.3 is 9.53 Å². The van der Waals surface area contributed by atoms with Crippen LogP contribution >= 0.6 is 0 Å². The Bertz CT molecular complexity index is 1330. The number of hydrogen-bond donors (Lipinski definition) is 0. The van der Waals surface area contributed by atoms with Gasteiger partial charge in [-0.05, 0) is 34.4 Å². The molecule has 0 unspecified atom stereocenters. The number of ether oxygens (including phenoxy) is 1. The summed E-state index contributed by atoms with van der Waals surface area (Å²) in [6.07, 6.45) is 0.849. The fourth-order valence-electron chi connectivity index (χ4n) is 6.14. The highest BCUT2D eigenvalue weighted by molar-refractivity contribution is 6.24. The van der Waals surface area contributed by atoms with Crippen LogP contribution in [0.2, 0.25) is 0 Å². The number of rotatable bonds is 3. The van der Waals surface area contributed by atoms with Gasteiger partial charge in [0, 0.05) is 18.9 Å². The van der Waals surface area contributed by atoms with Crippen molar-refractivity contribution < 1.29 is 23.9 Å². The third-order valence-corrected chi connectivity index (χ3v) is 7.21. The van der Waals surface area contributed by atoms with E-state index in [1.54, 1.807) is 18.2 Å². The molecule has 4 aliphatic rings. The van der Waals surface area contributed by atoms with Crippen molar-refractivity contribution >= 4 is 29.8 Å². The number of imide groups is 1. The van der Waals surface area contributed by atoms with Crippen LogP contribution in [0.25, 0.3) is 0 Å². The molecule has 3 aliphatic carbocycles. The van der Waals surface area contributed by atoms with Gasteiger partial charge in [0.2, 0.25) is 11.8 Å². The molecule has 162 valence electrons. The smallest absolute Gasteiger partial charge is 0.308 e. The molecule has 0 saturated carbocycles. The van der Waals surface area contributed by atoms with Crippen molar-refractivity contribution in [1.82, 2.24) is 0 Å². The van der Waals surface area contributed by atoms with Crippen molar-refractivity contribution in [3.63, 3.8) is 0 Å². The number of carbonyl (C=O) groups excluding carboxylic acids is 4. The summed E-state index contributed by atoms with van der Waals surface area (Å²) in [6, 6.07) is 21.6. The summed E-state index contributed by atoms with van der Waals surface area (Å²) in [5, 5.41) is 0. The van der Waals surface area contributed by atoms with Crippen molar-refractivity contribution in [2.24, 2.45) is 11.8 Å². The Labute approximate surface area is 189 Å². The molecule has 0 radical (unpaired) electrons. The van der Waals surface area contributed by atoms with Crippen molar-refractivity contribution in [1.29, 1.82) is 0 Å². The lowest BCUT2D eigenvalue weighted by Gasteiger charge is -2.51. The second-order valence-electron chi connectivity index (χ2n) is 8.75. The lowest BCUT2D eigenvalue weighted by molar-refractivity contribution is -0.132. The summed E-state index contributed by atoms with van der Waals surface area (Å²) < 4.78 is 5.16. The highest BCUT2D eigenvalue weighted by Crippen LogP contribution is 2.63. The molecule has 1 fully saturated rings. The average molecular weight is 437 g/mol. The van der Waals surface area contributed by atoms with E-state index >= 15 is 0 Å². The molecule has 1 saturated heterocycles. The van der Waals surface area contributed by atoms with Crippen molar-refractivity contribution in [3.05, 3.63) is 95.1 Å². The Morgan fingerprint density at radius 3 is 2.15 bits per heavy atom. The number of hydrogen-bond acceptors (Lipinski definition) is 5. The molecule has 7 rings (SSSR count). The molecule has 0 N–H and O–H groups in total. The minimum absolute atomic E-state index is 0.245. The molecule has 3 aromatic carbocycles. The van der Waals surface area contributed by atoms with E-state index in [9.17, 15) is 19.2 Å². The van der Waals surface area contributed by atoms with Crippen LogP contribution in [0.1, 0.15) is 35.1 Å². The van der Waals surface area contributed by atoms with Gasteiger partial charge in [-0.15, -0.1) is 0 Å². The predicted molar refractivity (Wildman–Crippen MR) is 119 cm³/mol. The van der Waals surface area contributed by atoms with E-state index in [-0.39, 0.29) is 17.6 Å². The van der Waals surface area contributed by atoms with E-state index in [4.69, 9.17) is 4.74 Å².